The second kappa shape index (κ2) is 5.96. The van der Waals surface area contributed by atoms with Crippen molar-refractivity contribution in [3.63, 3.8) is 0 Å². The number of carbonyl (C=O) groups excluding carboxylic acids is 1. The average molecular weight is 250 g/mol. The number of carbonyl (C=O) groups is 1. The predicted octanol–water partition coefficient (Wildman–Crippen LogP) is 2.14. The summed E-state index contributed by atoms with van der Waals surface area (Å²) in [4.78, 5) is 11.9. The van der Waals surface area contributed by atoms with Crippen molar-refractivity contribution in [3.05, 3.63) is 29.3 Å². The Morgan fingerprint density at radius 1 is 1.53 bits per heavy atom. The zero-order valence-corrected chi connectivity index (χ0v) is 10.9. The number of nitrogens with one attached hydrogen (secondary N) is 2. The Kier molecular flexibility index (Phi) is 4.31. The van der Waals surface area contributed by atoms with Crippen LogP contribution in [-0.2, 0) is 6.42 Å². The van der Waals surface area contributed by atoms with Gasteiger partial charge in [-0.3, -0.25) is 4.79 Å². The molecule has 0 saturated carbocycles. The lowest BCUT2D eigenvalue weighted by molar-refractivity contribution is 0.0954. The molecule has 0 spiro atoms. The highest BCUT2D eigenvalue weighted by Gasteiger charge is 2.12. The van der Waals surface area contributed by atoms with Gasteiger partial charge in [-0.15, -0.1) is 0 Å². The third-order valence-corrected chi connectivity index (χ3v) is 3.59. The van der Waals surface area contributed by atoms with E-state index in [1.54, 1.807) is 11.8 Å². The van der Waals surface area contributed by atoms with Gasteiger partial charge in [0.05, 0.1) is 0 Å². The van der Waals surface area contributed by atoms with Crippen LogP contribution in [0.5, 0.6) is 0 Å². The first-order valence-corrected chi connectivity index (χ1v) is 7.34. The van der Waals surface area contributed by atoms with Gasteiger partial charge < -0.3 is 10.6 Å². The largest absolute Gasteiger partial charge is 0.384 e. The molecule has 0 aromatic heterocycles. The first-order chi connectivity index (χ1) is 8.31. The summed E-state index contributed by atoms with van der Waals surface area (Å²) in [7, 11) is 0. The Labute approximate surface area is 106 Å². The predicted molar refractivity (Wildman–Crippen MR) is 74.0 cm³/mol. The summed E-state index contributed by atoms with van der Waals surface area (Å²) in [6.45, 7) is 1.73. The minimum Gasteiger partial charge on any atom is -0.384 e. The SMILES string of the molecule is CSCCCNC(=O)c1ccc2c(c1)NCC2. The molecule has 1 aliphatic heterocycles. The Balaban J connectivity index is 1.91. The molecule has 0 aliphatic carbocycles. The second-order valence-electron chi connectivity index (χ2n) is 4.15. The molecule has 1 aliphatic rings. The van der Waals surface area contributed by atoms with Gasteiger partial charge >= 0.3 is 0 Å². The molecule has 0 radical (unpaired) electrons. The first-order valence-electron chi connectivity index (χ1n) is 5.95. The van der Waals surface area contributed by atoms with E-state index < -0.39 is 0 Å². The lowest BCUT2D eigenvalue weighted by Gasteiger charge is -2.06. The summed E-state index contributed by atoms with van der Waals surface area (Å²) in [6.07, 6.45) is 4.16. The molecule has 17 heavy (non-hydrogen) atoms. The van der Waals surface area contributed by atoms with E-state index in [1.165, 1.54) is 5.56 Å². The van der Waals surface area contributed by atoms with Crippen molar-refractivity contribution in [2.45, 2.75) is 12.8 Å². The minimum atomic E-state index is 0.0302. The Hall–Kier alpha value is -1.16. The summed E-state index contributed by atoms with van der Waals surface area (Å²) >= 11 is 1.80. The number of benzene rings is 1. The van der Waals surface area contributed by atoms with Gasteiger partial charge in [-0.2, -0.15) is 11.8 Å². The van der Waals surface area contributed by atoms with Crippen LogP contribution in [0.4, 0.5) is 5.69 Å². The number of rotatable bonds is 5. The fraction of sp³-hybridized carbons (Fsp3) is 0.462. The van der Waals surface area contributed by atoms with Crippen LogP contribution in [0.15, 0.2) is 18.2 Å². The molecule has 2 N–H and O–H groups in total. The van der Waals surface area contributed by atoms with Crippen molar-refractivity contribution >= 4 is 23.4 Å². The summed E-state index contributed by atoms with van der Waals surface area (Å²) in [5.74, 6) is 1.12. The topological polar surface area (TPSA) is 41.1 Å². The molecule has 3 nitrogen and oxygen atoms in total. The first kappa shape index (κ1) is 12.3. The van der Waals surface area contributed by atoms with E-state index in [0.29, 0.717) is 0 Å². The van der Waals surface area contributed by atoms with Crippen molar-refractivity contribution in [1.82, 2.24) is 5.32 Å². The number of amides is 1. The molecule has 0 atom stereocenters. The van der Waals surface area contributed by atoms with E-state index in [1.807, 2.05) is 18.2 Å². The lowest BCUT2D eigenvalue weighted by Crippen LogP contribution is -2.24. The standard InChI is InChI=1S/C13H18N2OS/c1-17-8-2-6-15-13(16)11-4-3-10-5-7-14-12(10)9-11/h3-4,9,14H,2,5-8H2,1H3,(H,15,16). The maximum absolute atomic E-state index is 11.9. The summed E-state index contributed by atoms with van der Waals surface area (Å²) < 4.78 is 0. The molecule has 0 fully saturated rings. The van der Waals surface area contributed by atoms with Gasteiger partial charge in [0, 0.05) is 24.3 Å². The Morgan fingerprint density at radius 3 is 3.24 bits per heavy atom. The van der Waals surface area contributed by atoms with E-state index >= 15 is 0 Å². The van der Waals surface area contributed by atoms with E-state index in [4.69, 9.17) is 0 Å². The number of fused-ring (bicyclic) bond motifs is 1. The van der Waals surface area contributed by atoms with E-state index in [9.17, 15) is 4.79 Å². The van der Waals surface area contributed by atoms with Crippen molar-refractivity contribution in [3.8, 4) is 0 Å². The van der Waals surface area contributed by atoms with Crippen molar-refractivity contribution in [1.29, 1.82) is 0 Å². The minimum absolute atomic E-state index is 0.0302. The Bertz CT molecular complexity index is 406. The van der Waals surface area contributed by atoms with Crippen LogP contribution in [0, 0.1) is 0 Å². The van der Waals surface area contributed by atoms with Crippen molar-refractivity contribution in [2.24, 2.45) is 0 Å². The van der Waals surface area contributed by atoms with Gasteiger partial charge in [0.1, 0.15) is 0 Å². The average Bonchev–Trinajstić information content (AvgIpc) is 2.81. The van der Waals surface area contributed by atoms with Gasteiger partial charge in [-0.05, 0) is 42.5 Å². The molecule has 0 unspecified atom stereocenters. The van der Waals surface area contributed by atoms with Crippen LogP contribution in [0.2, 0.25) is 0 Å². The maximum Gasteiger partial charge on any atom is 0.251 e. The number of hydrogen-bond donors (Lipinski definition) is 2. The summed E-state index contributed by atoms with van der Waals surface area (Å²) in [6, 6.07) is 5.91. The van der Waals surface area contributed by atoms with E-state index in [2.05, 4.69) is 16.9 Å². The van der Waals surface area contributed by atoms with Crippen LogP contribution in [0.1, 0.15) is 22.3 Å². The van der Waals surface area contributed by atoms with Gasteiger partial charge in [0.2, 0.25) is 0 Å². The summed E-state index contributed by atoms with van der Waals surface area (Å²) in [5.41, 5.74) is 3.17. The molecule has 4 heteroatoms. The molecular formula is C13H18N2OS. The second-order valence-corrected chi connectivity index (χ2v) is 5.14. The maximum atomic E-state index is 11.9. The molecule has 1 amide bonds. The number of hydrogen-bond acceptors (Lipinski definition) is 3. The Morgan fingerprint density at radius 2 is 2.41 bits per heavy atom. The molecular weight excluding hydrogens is 232 g/mol. The fourth-order valence-electron chi connectivity index (χ4n) is 1.95. The molecule has 1 aromatic rings. The number of anilines is 1. The normalized spacial score (nSPS) is 13.0. The highest BCUT2D eigenvalue weighted by Crippen LogP contribution is 2.23. The zero-order chi connectivity index (χ0) is 12.1. The lowest BCUT2D eigenvalue weighted by atomic mass is 10.1. The van der Waals surface area contributed by atoms with Crippen LogP contribution in [0.3, 0.4) is 0 Å². The van der Waals surface area contributed by atoms with Crippen molar-refractivity contribution < 1.29 is 4.79 Å². The zero-order valence-electron chi connectivity index (χ0n) is 10.1. The van der Waals surface area contributed by atoms with Crippen LogP contribution in [0.25, 0.3) is 0 Å². The third-order valence-electron chi connectivity index (χ3n) is 2.89. The van der Waals surface area contributed by atoms with Gasteiger partial charge in [0.15, 0.2) is 0 Å². The smallest absolute Gasteiger partial charge is 0.251 e. The van der Waals surface area contributed by atoms with Gasteiger partial charge in [-0.1, -0.05) is 6.07 Å². The summed E-state index contributed by atoms with van der Waals surface area (Å²) in [5, 5.41) is 6.23. The fourth-order valence-corrected chi connectivity index (χ4v) is 2.39. The van der Waals surface area contributed by atoms with Crippen LogP contribution >= 0.6 is 11.8 Å². The third kappa shape index (κ3) is 3.16. The van der Waals surface area contributed by atoms with Gasteiger partial charge in [0.25, 0.3) is 5.91 Å². The monoisotopic (exact) mass is 250 g/mol. The molecule has 1 aromatic carbocycles. The van der Waals surface area contributed by atoms with E-state index in [-0.39, 0.29) is 5.91 Å². The van der Waals surface area contributed by atoms with Gasteiger partial charge in [-0.25, -0.2) is 0 Å². The molecule has 2 rings (SSSR count). The highest BCUT2D eigenvalue weighted by molar-refractivity contribution is 7.98. The van der Waals surface area contributed by atoms with Crippen LogP contribution in [-0.4, -0.2) is 31.0 Å². The quantitative estimate of drug-likeness (QED) is 0.787. The highest BCUT2D eigenvalue weighted by atomic mass is 32.2. The van der Waals surface area contributed by atoms with Crippen LogP contribution < -0.4 is 10.6 Å². The van der Waals surface area contributed by atoms with E-state index in [0.717, 1.165) is 42.9 Å². The van der Waals surface area contributed by atoms with Crippen molar-refractivity contribution in [2.75, 3.05) is 30.4 Å². The molecule has 0 saturated heterocycles. The molecule has 0 bridgehead atoms. The number of thioether (sulfide) groups is 1. The molecule has 92 valence electrons. The molecule has 1 heterocycles.